The number of aromatic nitrogens is 3. The second kappa shape index (κ2) is 5.99. The molecule has 3 aromatic heterocycles. The maximum atomic E-state index is 11.8. The van der Waals surface area contributed by atoms with Crippen molar-refractivity contribution in [1.29, 1.82) is 0 Å². The number of anilines is 2. The number of nitrogens with zero attached hydrogens (tertiary/aromatic N) is 3. The second-order valence-electron chi connectivity index (χ2n) is 5.62. The summed E-state index contributed by atoms with van der Waals surface area (Å²) in [7, 11) is 1.79. The minimum atomic E-state index is 0.0508. The van der Waals surface area contributed by atoms with Crippen LogP contribution >= 0.6 is 22.9 Å². The van der Waals surface area contributed by atoms with Crippen molar-refractivity contribution in [3.8, 4) is 11.3 Å². The van der Waals surface area contributed by atoms with Crippen molar-refractivity contribution in [3.05, 3.63) is 29.5 Å². The van der Waals surface area contributed by atoms with Gasteiger partial charge in [-0.2, -0.15) is 0 Å². The fraction of sp³-hybridized carbons (Fsp3) is 0.250. The van der Waals surface area contributed by atoms with Crippen LogP contribution in [0, 0.1) is 5.92 Å². The quantitative estimate of drug-likeness (QED) is 0.692. The van der Waals surface area contributed by atoms with Gasteiger partial charge in [0, 0.05) is 24.7 Å². The number of hydrogen-bond donors (Lipinski definition) is 2. The third kappa shape index (κ3) is 2.92. The van der Waals surface area contributed by atoms with Crippen LogP contribution in [0.15, 0.2) is 24.4 Å². The van der Waals surface area contributed by atoms with E-state index in [1.807, 2.05) is 18.2 Å². The number of amides is 1. The average Bonchev–Trinajstić information content (AvgIpc) is 3.36. The molecule has 2 N–H and O–H groups in total. The number of fused-ring (bicyclic) bond motifs is 1. The van der Waals surface area contributed by atoms with Crippen molar-refractivity contribution >= 4 is 50.0 Å². The number of pyridine rings is 2. The minimum absolute atomic E-state index is 0.0508. The number of hydrogen-bond acceptors (Lipinski definition) is 6. The molecule has 3 heterocycles. The molecule has 0 aliphatic heterocycles. The molecule has 1 saturated carbocycles. The lowest BCUT2D eigenvalue weighted by molar-refractivity contribution is -0.117. The monoisotopic (exact) mass is 359 g/mol. The highest BCUT2D eigenvalue weighted by atomic mass is 35.5. The molecule has 0 bridgehead atoms. The molecule has 1 fully saturated rings. The van der Waals surface area contributed by atoms with Crippen LogP contribution in [-0.2, 0) is 4.79 Å². The number of halogens is 1. The molecular weight excluding hydrogens is 346 g/mol. The van der Waals surface area contributed by atoms with E-state index in [-0.39, 0.29) is 11.8 Å². The van der Waals surface area contributed by atoms with Crippen LogP contribution in [0.3, 0.4) is 0 Å². The van der Waals surface area contributed by atoms with Crippen molar-refractivity contribution in [3.63, 3.8) is 0 Å². The third-order valence-electron chi connectivity index (χ3n) is 3.84. The molecule has 8 heteroatoms. The summed E-state index contributed by atoms with van der Waals surface area (Å²) in [5.74, 6) is 0.204. The number of nitrogens with one attached hydrogen (secondary N) is 2. The average molecular weight is 360 g/mol. The van der Waals surface area contributed by atoms with E-state index in [1.54, 1.807) is 13.2 Å². The topological polar surface area (TPSA) is 79.8 Å². The zero-order valence-electron chi connectivity index (χ0n) is 12.8. The van der Waals surface area contributed by atoms with Gasteiger partial charge in [0.05, 0.1) is 11.4 Å². The van der Waals surface area contributed by atoms with Gasteiger partial charge in [-0.25, -0.2) is 15.0 Å². The summed E-state index contributed by atoms with van der Waals surface area (Å²) in [4.78, 5) is 25.9. The van der Waals surface area contributed by atoms with Crippen molar-refractivity contribution in [2.45, 2.75) is 12.8 Å². The van der Waals surface area contributed by atoms with Crippen LogP contribution < -0.4 is 10.6 Å². The zero-order valence-corrected chi connectivity index (χ0v) is 14.4. The van der Waals surface area contributed by atoms with Gasteiger partial charge < -0.3 is 10.6 Å². The van der Waals surface area contributed by atoms with Gasteiger partial charge in [-0.15, -0.1) is 0 Å². The SMILES string of the molecule is CNc1cc(-c2ccc3nc(NC(=O)C4CC4)sc3n2)cnc1Cl. The van der Waals surface area contributed by atoms with Crippen LogP contribution in [-0.4, -0.2) is 27.9 Å². The Morgan fingerprint density at radius 3 is 2.92 bits per heavy atom. The lowest BCUT2D eigenvalue weighted by Gasteiger charge is -2.05. The summed E-state index contributed by atoms with van der Waals surface area (Å²) in [6.07, 6.45) is 3.63. The number of thiazole rings is 1. The maximum Gasteiger partial charge on any atom is 0.229 e. The van der Waals surface area contributed by atoms with Gasteiger partial charge >= 0.3 is 0 Å². The Kier molecular flexibility index (Phi) is 3.82. The fourth-order valence-corrected chi connectivity index (χ4v) is 3.39. The van der Waals surface area contributed by atoms with Gasteiger partial charge in [-0.05, 0) is 31.0 Å². The molecule has 0 radical (unpaired) electrons. The van der Waals surface area contributed by atoms with E-state index >= 15 is 0 Å². The van der Waals surface area contributed by atoms with Gasteiger partial charge in [-0.3, -0.25) is 4.79 Å². The van der Waals surface area contributed by atoms with E-state index < -0.39 is 0 Å². The zero-order chi connectivity index (χ0) is 16.7. The van der Waals surface area contributed by atoms with Crippen LogP contribution in [0.4, 0.5) is 10.8 Å². The van der Waals surface area contributed by atoms with Crippen molar-refractivity contribution in [2.75, 3.05) is 17.7 Å². The molecule has 1 amide bonds. The summed E-state index contributed by atoms with van der Waals surface area (Å²) in [5, 5.41) is 6.89. The molecule has 24 heavy (non-hydrogen) atoms. The minimum Gasteiger partial charge on any atom is -0.386 e. The van der Waals surface area contributed by atoms with Crippen molar-refractivity contribution in [1.82, 2.24) is 15.0 Å². The van der Waals surface area contributed by atoms with Crippen LogP contribution in [0.5, 0.6) is 0 Å². The van der Waals surface area contributed by atoms with Crippen molar-refractivity contribution < 1.29 is 4.79 Å². The lowest BCUT2D eigenvalue weighted by Crippen LogP contribution is -2.12. The molecule has 1 aliphatic carbocycles. The molecule has 0 saturated heterocycles. The summed E-state index contributed by atoms with van der Waals surface area (Å²) >= 11 is 7.40. The Morgan fingerprint density at radius 1 is 1.33 bits per heavy atom. The van der Waals surface area contributed by atoms with E-state index in [4.69, 9.17) is 11.6 Å². The summed E-state index contributed by atoms with van der Waals surface area (Å²) < 4.78 is 0. The molecule has 0 unspecified atom stereocenters. The van der Waals surface area contributed by atoms with E-state index in [0.717, 1.165) is 40.1 Å². The molecule has 6 nitrogen and oxygen atoms in total. The first kappa shape index (κ1) is 15.3. The van der Waals surface area contributed by atoms with E-state index in [0.29, 0.717) is 10.3 Å². The summed E-state index contributed by atoms with van der Waals surface area (Å²) in [6.45, 7) is 0. The van der Waals surface area contributed by atoms with E-state index in [1.165, 1.54) is 11.3 Å². The molecule has 4 rings (SSSR count). The number of carbonyl (C=O) groups is 1. The highest BCUT2D eigenvalue weighted by Crippen LogP contribution is 2.33. The lowest BCUT2D eigenvalue weighted by atomic mass is 10.2. The first-order valence-electron chi connectivity index (χ1n) is 7.56. The Bertz CT molecular complexity index is 937. The number of rotatable bonds is 4. The van der Waals surface area contributed by atoms with E-state index in [9.17, 15) is 4.79 Å². The van der Waals surface area contributed by atoms with Crippen molar-refractivity contribution in [2.24, 2.45) is 5.92 Å². The van der Waals surface area contributed by atoms with Gasteiger partial charge in [0.25, 0.3) is 0 Å². The highest BCUT2D eigenvalue weighted by Gasteiger charge is 2.30. The molecule has 0 spiro atoms. The van der Waals surface area contributed by atoms with Crippen LogP contribution in [0.2, 0.25) is 5.15 Å². The van der Waals surface area contributed by atoms with E-state index in [2.05, 4.69) is 25.6 Å². The molecule has 3 aromatic rings. The first-order chi connectivity index (χ1) is 11.6. The normalized spacial score (nSPS) is 13.9. The molecular formula is C16H14ClN5OS. The maximum absolute atomic E-state index is 11.8. The van der Waals surface area contributed by atoms with Gasteiger partial charge in [-0.1, -0.05) is 22.9 Å². The molecule has 0 atom stereocenters. The Hall–Kier alpha value is -2.25. The first-order valence-corrected chi connectivity index (χ1v) is 8.75. The van der Waals surface area contributed by atoms with Gasteiger partial charge in [0.15, 0.2) is 10.3 Å². The highest BCUT2D eigenvalue weighted by molar-refractivity contribution is 7.22. The van der Waals surface area contributed by atoms with Crippen LogP contribution in [0.25, 0.3) is 21.6 Å². The summed E-state index contributed by atoms with van der Waals surface area (Å²) in [5.41, 5.74) is 3.16. The number of carbonyl (C=O) groups excluding carboxylic acids is 1. The largest absolute Gasteiger partial charge is 0.386 e. The predicted octanol–water partition coefficient (Wildman–Crippen LogP) is 3.80. The molecule has 1 aliphatic rings. The standard InChI is InChI=1S/C16H14ClN5OS/c1-18-12-6-9(7-19-13(12)17)10-4-5-11-15(20-10)24-16(21-11)22-14(23)8-2-3-8/h4-8,18H,2-3H2,1H3,(H,21,22,23). The second-order valence-corrected chi connectivity index (χ2v) is 6.95. The van der Waals surface area contributed by atoms with Gasteiger partial charge in [0.2, 0.25) is 5.91 Å². The fourth-order valence-electron chi connectivity index (χ4n) is 2.35. The Morgan fingerprint density at radius 2 is 2.17 bits per heavy atom. The Labute approximate surface area is 147 Å². The Balaban J connectivity index is 1.66. The molecule has 0 aromatic carbocycles. The van der Waals surface area contributed by atoms with Crippen LogP contribution in [0.1, 0.15) is 12.8 Å². The molecule has 122 valence electrons. The van der Waals surface area contributed by atoms with Gasteiger partial charge in [0.1, 0.15) is 10.3 Å². The predicted molar refractivity (Wildman–Crippen MR) is 96.6 cm³/mol. The summed E-state index contributed by atoms with van der Waals surface area (Å²) in [6, 6.07) is 5.69. The third-order valence-corrected chi connectivity index (χ3v) is 5.02. The smallest absolute Gasteiger partial charge is 0.229 e.